The van der Waals surface area contributed by atoms with Gasteiger partial charge in [-0.25, -0.2) is 37.7 Å². The van der Waals surface area contributed by atoms with Gasteiger partial charge in [0.15, 0.2) is 10.0 Å². The molecule has 410 valence electrons. The lowest BCUT2D eigenvalue weighted by Gasteiger charge is -2.29. The predicted octanol–water partition coefficient (Wildman–Crippen LogP) is 5.67. The van der Waals surface area contributed by atoms with E-state index in [9.17, 15) is 46.3 Å². The average Bonchev–Trinajstić information content (AvgIpc) is 3.98. The first-order valence-electron chi connectivity index (χ1n) is 23.9. The predicted molar refractivity (Wildman–Crippen MR) is 269 cm³/mol. The number of hydrogen-bond donors (Lipinski definition) is 2. The Bertz CT molecular complexity index is 3380. The van der Waals surface area contributed by atoms with Gasteiger partial charge in [0.05, 0.1) is 30.6 Å². The van der Waals surface area contributed by atoms with E-state index in [1.165, 1.54) is 42.8 Å². The van der Waals surface area contributed by atoms with Crippen molar-refractivity contribution in [3.8, 4) is 23.1 Å². The fourth-order valence-corrected chi connectivity index (χ4v) is 8.52. The summed E-state index contributed by atoms with van der Waals surface area (Å²) in [4.78, 5) is 96.2. The standard InChI is InChI=1S/C27H25ClF2N4O6.C25H23ClF2N4O6/c1-15-2-3-16(24(35)32-21-13-40-34(26(21)36)19-6-8-38-9-7-19)10-22(15)33-14-31-25(23(28)27(33)37)39-12-17-4-5-18(29)11-20(17)30;1-14-3-4-15(22(33)30-19-12-38-32(24(19)34)7-8-36-2)9-20(14)31-13-29-23(21(26)25(31)35)37-11-16-5-6-17(27)10-18(16)28/h2-5,10-11,14,19,21H,6-9,12-13H2,1H3,(H,32,35);3-6,9-10,13,19H,7-8,11-12H2,1-2H3,(H,30,33)/t21-;19-/m11/s1. The van der Waals surface area contributed by atoms with Crippen LogP contribution in [0.5, 0.6) is 11.8 Å². The fourth-order valence-electron chi connectivity index (χ4n) is 8.13. The van der Waals surface area contributed by atoms with Crippen LogP contribution in [0.3, 0.4) is 0 Å². The Morgan fingerprint density at radius 3 is 1.62 bits per heavy atom. The van der Waals surface area contributed by atoms with E-state index in [2.05, 4.69) is 20.6 Å². The summed E-state index contributed by atoms with van der Waals surface area (Å²) in [5.74, 6) is -5.34. The maximum Gasteiger partial charge on any atom is 0.280 e. The number of halogens is 6. The monoisotopic (exact) mass is 1120 g/mol. The average molecular weight is 1120 g/mol. The molecule has 4 amide bonds. The molecule has 0 spiro atoms. The third kappa shape index (κ3) is 13.0. The number of hydroxylamine groups is 4. The molecule has 0 bridgehead atoms. The molecule has 26 heteroatoms. The zero-order chi connectivity index (χ0) is 55.8. The molecule has 78 heavy (non-hydrogen) atoms. The zero-order valence-electron chi connectivity index (χ0n) is 41.7. The number of aromatic nitrogens is 4. The van der Waals surface area contributed by atoms with Gasteiger partial charge < -0.3 is 29.6 Å². The van der Waals surface area contributed by atoms with Crippen LogP contribution < -0.4 is 31.2 Å². The highest BCUT2D eigenvalue weighted by Crippen LogP contribution is 2.26. The minimum Gasteiger partial charge on any atom is -0.471 e. The highest BCUT2D eigenvalue weighted by molar-refractivity contribution is 6.32. The summed E-state index contributed by atoms with van der Waals surface area (Å²) in [5.41, 5.74) is 1.06. The van der Waals surface area contributed by atoms with Gasteiger partial charge >= 0.3 is 0 Å². The topological polar surface area (TPSA) is 224 Å². The van der Waals surface area contributed by atoms with Crippen molar-refractivity contribution in [1.29, 1.82) is 0 Å². The van der Waals surface area contributed by atoms with Crippen molar-refractivity contribution >= 4 is 46.8 Å². The van der Waals surface area contributed by atoms with Crippen molar-refractivity contribution in [2.75, 3.05) is 46.7 Å². The first-order chi connectivity index (χ1) is 37.4. The Morgan fingerprint density at radius 2 is 1.14 bits per heavy atom. The Balaban J connectivity index is 0.000000206. The third-order valence-corrected chi connectivity index (χ3v) is 13.1. The van der Waals surface area contributed by atoms with Gasteiger partial charge in [-0.05, 0) is 86.3 Å². The molecular formula is C52H48Cl2F4N8O12. The van der Waals surface area contributed by atoms with E-state index in [4.69, 9.17) is 51.8 Å². The summed E-state index contributed by atoms with van der Waals surface area (Å²) >= 11 is 12.4. The lowest BCUT2D eigenvalue weighted by molar-refractivity contribution is -0.181. The van der Waals surface area contributed by atoms with Crippen LogP contribution in [0.15, 0.2) is 95.0 Å². The second kappa shape index (κ2) is 25.2. The molecule has 0 saturated carbocycles. The summed E-state index contributed by atoms with van der Waals surface area (Å²) in [7, 11) is 1.50. The van der Waals surface area contributed by atoms with Crippen LogP contribution in [-0.4, -0.2) is 118 Å². The summed E-state index contributed by atoms with van der Waals surface area (Å²) in [6.45, 7) is 4.39. The summed E-state index contributed by atoms with van der Waals surface area (Å²) < 4.78 is 77.4. The quantitative estimate of drug-likeness (QED) is 0.112. The SMILES string of the molecule is COCCN1OC[C@@H](NC(=O)c2ccc(C)c(-n3cnc(OCc4ccc(F)cc4F)c(Cl)c3=O)c2)C1=O.Cc1ccc(C(=O)N[C@@H]2CON(C3CCOCC3)C2=O)cc1-n1cnc(OCc2ccc(F)cc2F)c(Cl)c1=O. The molecule has 3 aliphatic rings. The number of ether oxygens (including phenoxy) is 4. The van der Waals surface area contributed by atoms with Crippen LogP contribution in [0.2, 0.25) is 10.0 Å². The Hall–Kier alpha value is -7.74. The van der Waals surface area contributed by atoms with Crippen LogP contribution in [-0.2, 0) is 42.0 Å². The number of amides is 4. The van der Waals surface area contributed by atoms with E-state index in [-0.39, 0.29) is 95.6 Å². The molecular weight excluding hydrogens is 1080 g/mol. The molecule has 2 aromatic heterocycles. The smallest absolute Gasteiger partial charge is 0.280 e. The van der Waals surface area contributed by atoms with Crippen LogP contribution >= 0.6 is 23.2 Å². The first-order valence-corrected chi connectivity index (χ1v) is 24.7. The third-order valence-electron chi connectivity index (χ3n) is 12.5. The van der Waals surface area contributed by atoms with Gasteiger partial charge in [0.1, 0.15) is 74.4 Å². The molecule has 4 aromatic carbocycles. The number of benzene rings is 4. The molecule has 0 unspecified atom stereocenters. The molecule has 5 heterocycles. The van der Waals surface area contributed by atoms with Gasteiger partial charge in [-0.15, -0.1) is 0 Å². The minimum absolute atomic E-state index is 0.0168. The number of hydrogen-bond acceptors (Lipinski definition) is 14. The van der Waals surface area contributed by atoms with Gasteiger partial charge in [-0.2, -0.15) is 0 Å². The van der Waals surface area contributed by atoms with E-state index in [0.717, 1.165) is 38.7 Å². The molecule has 0 radical (unpaired) electrons. The number of aryl methyl sites for hydroxylation is 2. The van der Waals surface area contributed by atoms with E-state index >= 15 is 0 Å². The molecule has 9 rings (SSSR count). The van der Waals surface area contributed by atoms with E-state index < -0.39 is 64.2 Å². The Labute approximate surface area is 451 Å². The summed E-state index contributed by atoms with van der Waals surface area (Å²) in [6, 6.07) is 13.5. The lowest BCUT2D eigenvalue weighted by Crippen LogP contribution is -2.46. The second-order valence-electron chi connectivity index (χ2n) is 17.7. The largest absolute Gasteiger partial charge is 0.471 e. The van der Waals surface area contributed by atoms with Gasteiger partial charge in [-0.3, -0.25) is 47.6 Å². The van der Waals surface area contributed by atoms with Crippen LogP contribution in [0.25, 0.3) is 11.4 Å². The number of rotatable bonds is 16. The Morgan fingerprint density at radius 1 is 0.667 bits per heavy atom. The number of methoxy groups -OCH3 is 1. The zero-order valence-corrected chi connectivity index (χ0v) is 43.2. The van der Waals surface area contributed by atoms with Gasteiger partial charge in [0, 0.05) is 54.7 Å². The summed E-state index contributed by atoms with van der Waals surface area (Å²) in [6.07, 6.45) is 3.66. The van der Waals surface area contributed by atoms with Crippen molar-refractivity contribution in [2.45, 2.75) is 58.0 Å². The highest BCUT2D eigenvalue weighted by atomic mass is 35.5. The molecule has 6 aromatic rings. The van der Waals surface area contributed by atoms with Crippen molar-refractivity contribution in [2.24, 2.45) is 0 Å². The van der Waals surface area contributed by atoms with Crippen molar-refractivity contribution in [1.82, 2.24) is 39.9 Å². The van der Waals surface area contributed by atoms with Crippen LogP contribution in [0, 0.1) is 37.1 Å². The summed E-state index contributed by atoms with van der Waals surface area (Å²) in [5, 5.41) is 7.06. The van der Waals surface area contributed by atoms with E-state index in [1.54, 1.807) is 38.1 Å². The van der Waals surface area contributed by atoms with Gasteiger partial charge in [0.2, 0.25) is 11.8 Å². The molecule has 3 saturated heterocycles. The van der Waals surface area contributed by atoms with Gasteiger partial charge in [-0.1, -0.05) is 35.3 Å². The fraction of sp³-hybridized carbons (Fsp3) is 0.308. The molecule has 20 nitrogen and oxygen atoms in total. The number of carbonyl (C=O) groups excluding carboxylic acids is 4. The van der Waals surface area contributed by atoms with E-state index in [0.29, 0.717) is 54.6 Å². The number of nitrogens with zero attached hydrogens (tertiary/aromatic N) is 6. The number of carbonyl (C=O) groups is 4. The molecule has 3 fully saturated rings. The van der Waals surface area contributed by atoms with Crippen LogP contribution in [0.4, 0.5) is 17.6 Å². The first kappa shape index (κ1) is 56.5. The molecule has 2 N–H and O–H groups in total. The molecule has 0 aliphatic carbocycles. The Kier molecular flexibility index (Phi) is 18.2. The van der Waals surface area contributed by atoms with E-state index in [1.807, 2.05) is 0 Å². The normalized spacial score (nSPS) is 16.5. The molecule has 2 atom stereocenters. The van der Waals surface area contributed by atoms with Crippen molar-refractivity contribution in [3.63, 3.8) is 0 Å². The number of nitrogens with one attached hydrogen (secondary N) is 2. The maximum absolute atomic E-state index is 13.9. The van der Waals surface area contributed by atoms with Crippen molar-refractivity contribution in [3.05, 3.63) is 173 Å². The minimum atomic E-state index is -0.870. The van der Waals surface area contributed by atoms with Crippen LogP contribution in [0.1, 0.15) is 55.8 Å². The van der Waals surface area contributed by atoms with Crippen molar-refractivity contribution < 1.29 is 65.4 Å². The maximum atomic E-state index is 13.9. The van der Waals surface area contributed by atoms with Gasteiger partial charge in [0.25, 0.3) is 34.7 Å². The second-order valence-corrected chi connectivity index (χ2v) is 18.5. The lowest BCUT2D eigenvalue weighted by atomic mass is 10.1. The highest BCUT2D eigenvalue weighted by Gasteiger charge is 2.39. The molecule has 3 aliphatic heterocycles.